The molecule has 0 atom stereocenters. The van der Waals surface area contributed by atoms with Crippen LogP contribution in [0.1, 0.15) is 19.4 Å². The summed E-state index contributed by atoms with van der Waals surface area (Å²) in [6, 6.07) is 6.25. The summed E-state index contributed by atoms with van der Waals surface area (Å²) in [5.74, 6) is -0.913. The Morgan fingerprint density at radius 3 is 2.62 bits per heavy atom. The van der Waals surface area contributed by atoms with Gasteiger partial charge < -0.3 is 15.3 Å². The van der Waals surface area contributed by atoms with Gasteiger partial charge in [-0.05, 0) is 40.0 Å². The Morgan fingerprint density at radius 2 is 2.14 bits per heavy atom. The highest BCUT2D eigenvalue weighted by molar-refractivity contribution is 9.10. The number of carbonyl (C=O) groups is 2. The zero-order valence-corrected chi connectivity index (χ0v) is 13.3. The second-order valence-electron chi connectivity index (χ2n) is 4.90. The minimum atomic E-state index is -1.07. The van der Waals surface area contributed by atoms with Gasteiger partial charge in [-0.15, -0.1) is 0 Å². The van der Waals surface area contributed by atoms with Gasteiger partial charge in [0.1, 0.15) is 6.54 Å². The molecule has 0 saturated carbocycles. The number of rotatable bonds is 5. The Morgan fingerprint density at radius 1 is 1.48 bits per heavy atom. The van der Waals surface area contributed by atoms with Crippen LogP contribution in [0, 0.1) is 17.2 Å². The second-order valence-corrected chi connectivity index (χ2v) is 5.76. The van der Waals surface area contributed by atoms with Crippen molar-refractivity contribution in [1.82, 2.24) is 4.90 Å². The van der Waals surface area contributed by atoms with E-state index in [2.05, 4.69) is 21.2 Å². The lowest BCUT2D eigenvalue weighted by molar-refractivity contribution is -0.137. The van der Waals surface area contributed by atoms with Gasteiger partial charge >= 0.3 is 12.0 Å². The number of hydrogen-bond acceptors (Lipinski definition) is 3. The first kappa shape index (κ1) is 17.0. The molecule has 2 amide bonds. The molecule has 0 aromatic heterocycles. The smallest absolute Gasteiger partial charge is 0.323 e. The van der Waals surface area contributed by atoms with Gasteiger partial charge in [-0.3, -0.25) is 4.79 Å². The largest absolute Gasteiger partial charge is 0.480 e. The van der Waals surface area contributed by atoms with Gasteiger partial charge in [-0.25, -0.2) is 4.79 Å². The minimum absolute atomic E-state index is 0.152. The van der Waals surface area contributed by atoms with Crippen molar-refractivity contribution in [2.75, 3.05) is 18.4 Å². The number of nitriles is 1. The van der Waals surface area contributed by atoms with Crippen LogP contribution in [0.3, 0.4) is 0 Å². The van der Waals surface area contributed by atoms with Crippen LogP contribution < -0.4 is 5.32 Å². The van der Waals surface area contributed by atoms with Gasteiger partial charge in [0.25, 0.3) is 0 Å². The SMILES string of the molecule is CC(C)CN(CC(=O)O)C(=O)Nc1ccc(C#N)cc1Br. The first-order chi connectivity index (χ1) is 9.83. The molecule has 0 heterocycles. The topological polar surface area (TPSA) is 93.4 Å². The summed E-state index contributed by atoms with van der Waals surface area (Å²) in [5, 5.41) is 20.3. The van der Waals surface area contributed by atoms with E-state index in [9.17, 15) is 9.59 Å². The summed E-state index contributed by atoms with van der Waals surface area (Å²) in [7, 11) is 0. The molecule has 0 aliphatic carbocycles. The lowest BCUT2D eigenvalue weighted by Crippen LogP contribution is -2.41. The molecule has 112 valence electrons. The predicted octanol–water partition coefficient (Wildman–Crippen LogP) is 2.90. The van der Waals surface area contributed by atoms with E-state index in [1.165, 1.54) is 4.90 Å². The Balaban J connectivity index is 2.86. The molecule has 21 heavy (non-hydrogen) atoms. The number of carboxylic acid groups (broad SMARTS) is 1. The molecule has 1 rings (SSSR count). The molecule has 1 aromatic rings. The van der Waals surface area contributed by atoms with Crippen molar-refractivity contribution in [1.29, 1.82) is 5.26 Å². The average molecular weight is 354 g/mol. The van der Waals surface area contributed by atoms with Gasteiger partial charge in [-0.2, -0.15) is 5.26 Å². The van der Waals surface area contributed by atoms with Crippen LogP contribution >= 0.6 is 15.9 Å². The molecule has 0 bridgehead atoms. The van der Waals surface area contributed by atoms with E-state index in [0.717, 1.165) is 0 Å². The molecule has 0 saturated heterocycles. The van der Waals surface area contributed by atoms with E-state index in [0.29, 0.717) is 22.3 Å². The lowest BCUT2D eigenvalue weighted by atomic mass is 10.2. The molecule has 1 aromatic carbocycles. The predicted molar refractivity (Wildman–Crippen MR) is 81.9 cm³/mol. The van der Waals surface area contributed by atoms with Crippen molar-refractivity contribution >= 4 is 33.6 Å². The Labute approximate surface area is 131 Å². The van der Waals surface area contributed by atoms with Crippen molar-refractivity contribution in [3.05, 3.63) is 28.2 Å². The first-order valence-corrected chi connectivity index (χ1v) is 7.10. The maximum Gasteiger partial charge on any atom is 0.323 e. The number of halogens is 1. The summed E-state index contributed by atoms with van der Waals surface area (Å²) in [6.07, 6.45) is 0. The Hall–Kier alpha value is -2.07. The van der Waals surface area contributed by atoms with E-state index < -0.39 is 12.0 Å². The standard InChI is InChI=1S/C14H16BrN3O3/c1-9(2)7-18(8-13(19)20)14(21)17-12-4-3-10(6-16)5-11(12)15/h3-5,9H,7-8H2,1-2H3,(H,17,21)(H,19,20). The third kappa shape index (κ3) is 5.44. The zero-order valence-electron chi connectivity index (χ0n) is 11.8. The van der Waals surface area contributed by atoms with Crippen LogP contribution in [-0.4, -0.2) is 35.1 Å². The molecular formula is C14H16BrN3O3. The van der Waals surface area contributed by atoms with Crippen LogP contribution in [-0.2, 0) is 4.79 Å². The monoisotopic (exact) mass is 353 g/mol. The first-order valence-electron chi connectivity index (χ1n) is 6.31. The zero-order chi connectivity index (χ0) is 16.0. The molecule has 6 nitrogen and oxygen atoms in total. The number of aliphatic carboxylic acids is 1. The third-order valence-corrected chi connectivity index (χ3v) is 3.19. The normalized spacial score (nSPS) is 10.0. The minimum Gasteiger partial charge on any atom is -0.480 e. The number of anilines is 1. The van der Waals surface area contributed by atoms with Gasteiger partial charge in [0.2, 0.25) is 0 Å². The van der Waals surface area contributed by atoms with E-state index in [4.69, 9.17) is 10.4 Å². The quantitative estimate of drug-likeness (QED) is 0.850. The number of carbonyl (C=O) groups excluding carboxylic acids is 1. The molecule has 0 aliphatic rings. The molecule has 0 aliphatic heterocycles. The summed E-state index contributed by atoms with van der Waals surface area (Å²) >= 11 is 3.27. The summed E-state index contributed by atoms with van der Waals surface area (Å²) in [5.41, 5.74) is 0.947. The van der Waals surface area contributed by atoms with E-state index in [1.807, 2.05) is 19.9 Å². The van der Waals surface area contributed by atoms with E-state index in [-0.39, 0.29) is 12.5 Å². The second kappa shape index (κ2) is 7.64. The third-order valence-electron chi connectivity index (χ3n) is 2.54. The van der Waals surface area contributed by atoms with Crippen molar-refractivity contribution in [3.8, 4) is 6.07 Å². The van der Waals surface area contributed by atoms with Crippen LogP contribution in [0.25, 0.3) is 0 Å². The van der Waals surface area contributed by atoms with Crippen LogP contribution in [0.2, 0.25) is 0 Å². The summed E-state index contributed by atoms with van der Waals surface area (Å²) in [6.45, 7) is 3.78. The highest BCUT2D eigenvalue weighted by Crippen LogP contribution is 2.23. The number of hydrogen-bond donors (Lipinski definition) is 2. The van der Waals surface area contributed by atoms with Gasteiger partial charge in [0, 0.05) is 11.0 Å². The summed E-state index contributed by atoms with van der Waals surface area (Å²) in [4.78, 5) is 24.2. The van der Waals surface area contributed by atoms with Crippen molar-refractivity contribution in [3.63, 3.8) is 0 Å². The van der Waals surface area contributed by atoms with Gasteiger partial charge in [-0.1, -0.05) is 13.8 Å². The molecule has 0 fully saturated rings. The Kier molecular flexibility index (Phi) is 6.18. The summed E-state index contributed by atoms with van der Waals surface area (Å²) < 4.78 is 0.565. The number of nitrogens with zero attached hydrogens (tertiary/aromatic N) is 2. The molecule has 2 N–H and O–H groups in total. The Bertz CT molecular complexity index is 581. The van der Waals surface area contributed by atoms with Crippen molar-refractivity contribution in [2.45, 2.75) is 13.8 Å². The molecular weight excluding hydrogens is 338 g/mol. The maximum atomic E-state index is 12.2. The fourth-order valence-electron chi connectivity index (χ4n) is 1.70. The lowest BCUT2D eigenvalue weighted by Gasteiger charge is -2.23. The van der Waals surface area contributed by atoms with E-state index in [1.54, 1.807) is 18.2 Å². The van der Waals surface area contributed by atoms with E-state index >= 15 is 0 Å². The van der Waals surface area contributed by atoms with Crippen LogP contribution in [0.5, 0.6) is 0 Å². The van der Waals surface area contributed by atoms with Crippen molar-refractivity contribution in [2.24, 2.45) is 5.92 Å². The maximum absolute atomic E-state index is 12.2. The number of nitrogens with one attached hydrogen (secondary N) is 1. The number of benzene rings is 1. The molecule has 0 spiro atoms. The highest BCUT2D eigenvalue weighted by Gasteiger charge is 2.18. The van der Waals surface area contributed by atoms with Gasteiger partial charge in [0.05, 0.1) is 17.3 Å². The molecule has 0 radical (unpaired) electrons. The van der Waals surface area contributed by atoms with Crippen molar-refractivity contribution < 1.29 is 14.7 Å². The van der Waals surface area contributed by atoms with Gasteiger partial charge in [0.15, 0.2) is 0 Å². The molecule has 7 heteroatoms. The number of carboxylic acids is 1. The average Bonchev–Trinajstić information content (AvgIpc) is 2.39. The highest BCUT2D eigenvalue weighted by atomic mass is 79.9. The fourth-order valence-corrected chi connectivity index (χ4v) is 2.18. The van der Waals surface area contributed by atoms with Crippen LogP contribution in [0.15, 0.2) is 22.7 Å². The molecule has 0 unspecified atom stereocenters. The number of amides is 2. The van der Waals surface area contributed by atoms with Crippen LogP contribution in [0.4, 0.5) is 10.5 Å². The number of urea groups is 1. The fraction of sp³-hybridized carbons (Fsp3) is 0.357.